The van der Waals surface area contributed by atoms with Crippen LogP contribution in [0.3, 0.4) is 0 Å². The van der Waals surface area contributed by atoms with Gasteiger partial charge < -0.3 is 15.0 Å². The number of piperidine rings is 1. The van der Waals surface area contributed by atoms with Crippen molar-refractivity contribution in [2.45, 2.75) is 38.6 Å². The second-order valence-corrected chi connectivity index (χ2v) is 5.57. The number of carbonyl (C=O) groups is 1. The van der Waals surface area contributed by atoms with Crippen molar-refractivity contribution in [2.75, 3.05) is 31.6 Å². The fourth-order valence-corrected chi connectivity index (χ4v) is 2.67. The lowest BCUT2D eigenvalue weighted by Crippen LogP contribution is -2.29. The van der Waals surface area contributed by atoms with Crippen LogP contribution in [0.15, 0.2) is 24.3 Å². The van der Waals surface area contributed by atoms with Gasteiger partial charge in [0.05, 0.1) is 7.11 Å². The zero-order valence-corrected chi connectivity index (χ0v) is 12.9. The lowest BCUT2D eigenvalue weighted by molar-refractivity contribution is -0.140. The SMILES string of the molecule is COC(=O)CCCNCc1ccc(N2CCCCC2)cc1. The summed E-state index contributed by atoms with van der Waals surface area (Å²) in [6.45, 7) is 4.06. The van der Waals surface area contributed by atoms with Gasteiger partial charge in [-0.3, -0.25) is 4.79 Å². The Kier molecular flexibility index (Phi) is 6.54. The highest BCUT2D eigenvalue weighted by Gasteiger charge is 2.10. The smallest absolute Gasteiger partial charge is 0.305 e. The predicted molar refractivity (Wildman–Crippen MR) is 85.5 cm³/mol. The molecule has 1 aliphatic heterocycles. The first-order valence-electron chi connectivity index (χ1n) is 7.91. The molecule has 1 fully saturated rings. The molecule has 0 aromatic heterocycles. The van der Waals surface area contributed by atoms with Crippen molar-refractivity contribution in [2.24, 2.45) is 0 Å². The second kappa shape index (κ2) is 8.67. The highest BCUT2D eigenvalue weighted by atomic mass is 16.5. The van der Waals surface area contributed by atoms with Crippen molar-refractivity contribution in [3.8, 4) is 0 Å². The van der Waals surface area contributed by atoms with Crippen LogP contribution in [-0.2, 0) is 16.1 Å². The van der Waals surface area contributed by atoms with Crippen molar-refractivity contribution >= 4 is 11.7 Å². The van der Waals surface area contributed by atoms with Crippen molar-refractivity contribution in [3.05, 3.63) is 29.8 Å². The van der Waals surface area contributed by atoms with Gasteiger partial charge in [0.25, 0.3) is 0 Å². The topological polar surface area (TPSA) is 41.6 Å². The monoisotopic (exact) mass is 290 g/mol. The summed E-state index contributed by atoms with van der Waals surface area (Å²) in [6.07, 6.45) is 5.28. The number of nitrogens with zero attached hydrogens (tertiary/aromatic N) is 1. The Morgan fingerprint density at radius 3 is 2.57 bits per heavy atom. The van der Waals surface area contributed by atoms with Crippen LogP contribution in [0.2, 0.25) is 0 Å². The Morgan fingerprint density at radius 2 is 1.90 bits per heavy atom. The number of carbonyl (C=O) groups excluding carboxylic acids is 1. The van der Waals surface area contributed by atoms with Gasteiger partial charge in [-0.25, -0.2) is 0 Å². The zero-order chi connectivity index (χ0) is 14.9. The third kappa shape index (κ3) is 5.38. The summed E-state index contributed by atoms with van der Waals surface area (Å²) in [5.74, 6) is -0.136. The molecule has 4 nitrogen and oxygen atoms in total. The molecule has 1 heterocycles. The molecule has 1 aliphatic rings. The van der Waals surface area contributed by atoms with E-state index in [0.29, 0.717) is 6.42 Å². The number of hydrogen-bond acceptors (Lipinski definition) is 4. The van der Waals surface area contributed by atoms with E-state index >= 15 is 0 Å². The lowest BCUT2D eigenvalue weighted by atomic mass is 10.1. The van der Waals surface area contributed by atoms with Crippen molar-refractivity contribution in [1.82, 2.24) is 5.32 Å². The van der Waals surface area contributed by atoms with Crippen LogP contribution >= 0.6 is 0 Å². The Hall–Kier alpha value is -1.55. The van der Waals surface area contributed by atoms with Gasteiger partial charge in [-0.2, -0.15) is 0 Å². The molecule has 2 rings (SSSR count). The minimum Gasteiger partial charge on any atom is -0.469 e. The molecule has 116 valence electrons. The number of ether oxygens (including phenoxy) is 1. The highest BCUT2D eigenvalue weighted by Crippen LogP contribution is 2.20. The molecule has 0 aliphatic carbocycles. The Balaban J connectivity index is 1.68. The highest BCUT2D eigenvalue weighted by molar-refractivity contribution is 5.69. The van der Waals surface area contributed by atoms with Gasteiger partial charge in [-0.1, -0.05) is 12.1 Å². The van der Waals surface area contributed by atoms with E-state index < -0.39 is 0 Å². The van der Waals surface area contributed by atoms with Gasteiger partial charge in [0.1, 0.15) is 0 Å². The summed E-state index contributed by atoms with van der Waals surface area (Å²) in [5.41, 5.74) is 2.62. The van der Waals surface area contributed by atoms with E-state index in [1.54, 1.807) is 0 Å². The number of hydrogen-bond donors (Lipinski definition) is 1. The first-order chi connectivity index (χ1) is 10.3. The van der Waals surface area contributed by atoms with E-state index in [-0.39, 0.29) is 5.97 Å². The van der Waals surface area contributed by atoms with E-state index in [2.05, 4.69) is 39.2 Å². The summed E-state index contributed by atoms with van der Waals surface area (Å²) >= 11 is 0. The predicted octanol–water partition coefficient (Wildman–Crippen LogP) is 2.72. The van der Waals surface area contributed by atoms with E-state index in [1.807, 2.05) is 0 Å². The van der Waals surface area contributed by atoms with Gasteiger partial charge in [-0.15, -0.1) is 0 Å². The first kappa shape index (κ1) is 15.8. The van der Waals surface area contributed by atoms with Crippen LogP contribution in [0, 0.1) is 0 Å². The van der Waals surface area contributed by atoms with Crippen LogP contribution in [0.5, 0.6) is 0 Å². The number of methoxy groups -OCH3 is 1. The molecule has 1 aromatic rings. The fourth-order valence-electron chi connectivity index (χ4n) is 2.67. The van der Waals surface area contributed by atoms with Crippen LogP contribution in [0.4, 0.5) is 5.69 Å². The average molecular weight is 290 g/mol. The Morgan fingerprint density at radius 1 is 1.19 bits per heavy atom. The normalized spacial score (nSPS) is 15.0. The van der Waals surface area contributed by atoms with E-state index in [4.69, 9.17) is 0 Å². The van der Waals surface area contributed by atoms with Crippen molar-refractivity contribution < 1.29 is 9.53 Å². The third-order valence-corrected chi connectivity index (χ3v) is 3.95. The lowest BCUT2D eigenvalue weighted by Gasteiger charge is -2.28. The zero-order valence-electron chi connectivity index (χ0n) is 12.9. The van der Waals surface area contributed by atoms with Crippen molar-refractivity contribution in [3.63, 3.8) is 0 Å². The molecule has 21 heavy (non-hydrogen) atoms. The third-order valence-electron chi connectivity index (χ3n) is 3.95. The van der Waals surface area contributed by atoms with Gasteiger partial charge >= 0.3 is 5.97 Å². The molecule has 0 radical (unpaired) electrons. The van der Waals surface area contributed by atoms with Gasteiger partial charge in [0.15, 0.2) is 0 Å². The molecule has 4 heteroatoms. The number of benzene rings is 1. The van der Waals surface area contributed by atoms with Gasteiger partial charge in [0.2, 0.25) is 0 Å². The second-order valence-electron chi connectivity index (χ2n) is 5.57. The maximum atomic E-state index is 11.0. The number of nitrogens with one attached hydrogen (secondary N) is 1. The summed E-state index contributed by atoms with van der Waals surface area (Å²) in [6, 6.07) is 8.82. The van der Waals surface area contributed by atoms with E-state index in [1.165, 1.54) is 50.7 Å². The molecule has 0 atom stereocenters. The molecule has 0 spiro atoms. The minimum atomic E-state index is -0.136. The molecular formula is C17H26N2O2. The fraction of sp³-hybridized carbons (Fsp3) is 0.588. The number of anilines is 1. The Bertz CT molecular complexity index is 425. The van der Waals surface area contributed by atoms with Crippen LogP contribution in [0.25, 0.3) is 0 Å². The first-order valence-corrected chi connectivity index (χ1v) is 7.91. The van der Waals surface area contributed by atoms with Crippen LogP contribution in [-0.4, -0.2) is 32.7 Å². The summed E-state index contributed by atoms with van der Waals surface area (Å²) in [7, 11) is 1.43. The Labute approximate surface area is 127 Å². The maximum Gasteiger partial charge on any atom is 0.305 e. The molecule has 1 aromatic carbocycles. The summed E-state index contributed by atoms with van der Waals surface area (Å²) in [4.78, 5) is 13.4. The summed E-state index contributed by atoms with van der Waals surface area (Å²) < 4.78 is 4.61. The molecule has 0 unspecified atom stereocenters. The van der Waals surface area contributed by atoms with Gasteiger partial charge in [0, 0.05) is 31.7 Å². The average Bonchev–Trinajstić information content (AvgIpc) is 2.55. The van der Waals surface area contributed by atoms with Crippen molar-refractivity contribution in [1.29, 1.82) is 0 Å². The summed E-state index contributed by atoms with van der Waals surface area (Å²) in [5, 5.41) is 3.36. The number of esters is 1. The standard InChI is InChI=1S/C17H26N2O2/c1-21-17(20)6-5-11-18-14-15-7-9-16(10-8-15)19-12-3-2-4-13-19/h7-10,18H,2-6,11-14H2,1H3. The number of rotatable bonds is 7. The largest absolute Gasteiger partial charge is 0.469 e. The molecule has 0 amide bonds. The molecule has 1 N–H and O–H groups in total. The maximum absolute atomic E-state index is 11.0. The molecule has 1 saturated heterocycles. The van der Waals surface area contributed by atoms with Gasteiger partial charge in [-0.05, 0) is 49.9 Å². The molecule has 0 bridgehead atoms. The molecule has 0 saturated carbocycles. The minimum absolute atomic E-state index is 0.136. The quantitative estimate of drug-likeness (QED) is 0.619. The van der Waals surface area contributed by atoms with E-state index in [9.17, 15) is 4.79 Å². The molecular weight excluding hydrogens is 264 g/mol. The van der Waals surface area contributed by atoms with E-state index in [0.717, 1.165) is 19.5 Å². The van der Waals surface area contributed by atoms with Crippen LogP contribution < -0.4 is 10.2 Å². The van der Waals surface area contributed by atoms with Crippen LogP contribution in [0.1, 0.15) is 37.7 Å².